The molecule has 16 heavy (non-hydrogen) atoms. The summed E-state index contributed by atoms with van der Waals surface area (Å²) in [5.74, 6) is 0.706. The Bertz CT molecular complexity index is 583. The van der Waals surface area contributed by atoms with Crippen LogP contribution >= 0.6 is 34.8 Å². The lowest BCUT2D eigenvalue weighted by molar-refractivity contribution is 0.567. The zero-order chi connectivity index (χ0) is 11.7. The van der Waals surface area contributed by atoms with Gasteiger partial charge in [-0.2, -0.15) is 5.26 Å². The standard InChI is InChI=1S/C11H4Cl3NO/c12-8-4-10(14)9(13)3-7(8)11-2-1-6(5-15)16-11/h1-4H. The fourth-order valence-corrected chi connectivity index (χ4v) is 1.89. The smallest absolute Gasteiger partial charge is 0.204 e. The van der Waals surface area contributed by atoms with Gasteiger partial charge in [0, 0.05) is 5.56 Å². The lowest BCUT2D eigenvalue weighted by Crippen LogP contribution is -1.78. The largest absolute Gasteiger partial charge is 0.446 e. The third-order valence-corrected chi connectivity index (χ3v) is 3.03. The molecule has 80 valence electrons. The Morgan fingerprint density at radius 1 is 1.00 bits per heavy atom. The summed E-state index contributed by atoms with van der Waals surface area (Å²) >= 11 is 17.7. The van der Waals surface area contributed by atoms with Gasteiger partial charge in [-0.1, -0.05) is 34.8 Å². The van der Waals surface area contributed by atoms with Crippen LogP contribution in [-0.2, 0) is 0 Å². The number of benzene rings is 1. The fraction of sp³-hybridized carbons (Fsp3) is 0. The maximum atomic E-state index is 8.64. The summed E-state index contributed by atoms with van der Waals surface area (Å²) in [5.41, 5.74) is 0.609. The molecule has 0 bridgehead atoms. The van der Waals surface area contributed by atoms with Gasteiger partial charge in [-0.3, -0.25) is 0 Å². The Morgan fingerprint density at radius 2 is 1.69 bits per heavy atom. The van der Waals surface area contributed by atoms with Crippen molar-refractivity contribution in [1.82, 2.24) is 0 Å². The van der Waals surface area contributed by atoms with E-state index in [4.69, 9.17) is 44.5 Å². The Labute approximate surface area is 107 Å². The first-order valence-electron chi connectivity index (χ1n) is 4.26. The molecule has 1 heterocycles. The van der Waals surface area contributed by atoms with Crippen LogP contribution in [0.1, 0.15) is 5.76 Å². The first-order valence-corrected chi connectivity index (χ1v) is 5.40. The molecule has 0 atom stereocenters. The fourth-order valence-electron chi connectivity index (χ4n) is 1.25. The monoisotopic (exact) mass is 271 g/mol. The molecule has 0 unspecified atom stereocenters. The summed E-state index contributed by atoms with van der Waals surface area (Å²) in [6.45, 7) is 0. The van der Waals surface area contributed by atoms with E-state index in [1.54, 1.807) is 18.2 Å². The highest BCUT2D eigenvalue weighted by molar-refractivity contribution is 6.44. The minimum absolute atomic E-state index is 0.220. The van der Waals surface area contributed by atoms with Gasteiger partial charge in [0.15, 0.2) is 0 Å². The van der Waals surface area contributed by atoms with Crippen LogP contribution in [0, 0.1) is 11.3 Å². The Hall–Kier alpha value is -1.14. The lowest BCUT2D eigenvalue weighted by atomic mass is 10.2. The Morgan fingerprint density at radius 3 is 2.31 bits per heavy atom. The lowest BCUT2D eigenvalue weighted by Gasteiger charge is -2.03. The topological polar surface area (TPSA) is 36.9 Å². The second-order valence-electron chi connectivity index (χ2n) is 3.02. The Balaban J connectivity index is 2.56. The number of furan rings is 1. The number of hydrogen-bond acceptors (Lipinski definition) is 2. The maximum Gasteiger partial charge on any atom is 0.204 e. The van der Waals surface area contributed by atoms with Gasteiger partial charge < -0.3 is 4.42 Å². The SMILES string of the molecule is N#Cc1ccc(-c2cc(Cl)c(Cl)cc2Cl)o1. The van der Waals surface area contributed by atoms with Crippen LogP contribution in [0.2, 0.25) is 15.1 Å². The van der Waals surface area contributed by atoms with Crippen LogP contribution in [0.25, 0.3) is 11.3 Å². The predicted octanol–water partition coefficient (Wildman–Crippen LogP) is 4.78. The number of rotatable bonds is 1. The zero-order valence-electron chi connectivity index (χ0n) is 7.80. The van der Waals surface area contributed by atoms with E-state index in [0.717, 1.165) is 0 Å². The minimum atomic E-state index is 0.220. The van der Waals surface area contributed by atoms with E-state index < -0.39 is 0 Å². The van der Waals surface area contributed by atoms with Crippen molar-refractivity contribution in [2.24, 2.45) is 0 Å². The zero-order valence-corrected chi connectivity index (χ0v) is 10.1. The molecule has 2 aromatic rings. The van der Waals surface area contributed by atoms with Crippen LogP contribution in [0.5, 0.6) is 0 Å². The van der Waals surface area contributed by atoms with E-state index in [2.05, 4.69) is 0 Å². The summed E-state index contributed by atoms with van der Waals surface area (Å²) in [6.07, 6.45) is 0. The van der Waals surface area contributed by atoms with Gasteiger partial charge in [0.1, 0.15) is 11.8 Å². The Kier molecular flexibility index (Phi) is 3.11. The van der Waals surface area contributed by atoms with Crippen molar-refractivity contribution in [2.45, 2.75) is 0 Å². The average molecular weight is 273 g/mol. The van der Waals surface area contributed by atoms with E-state index in [-0.39, 0.29) is 5.76 Å². The molecule has 2 rings (SSSR count). The molecule has 0 N–H and O–H groups in total. The highest BCUT2D eigenvalue weighted by Crippen LogP contribution is 2.35. The van der Waals surface area contributed by atoms with Crippen molar-refractivity contribution in [2.75, 3.05) is 0 Å². The molecule has 1 aromatic heterocycles. The summed E-state index contributed by atoms with van der Waals surface area (Å²) in [4.78, 5) is 0. The first-order chi connectivity index (χ1) is 7.61. The summed E-state index contributed by atoms with van der Waals surface area (Å²) in [5, 5.41) is 9.83. The van der Waals surface area contributed by atoms with E-state index in [9.17, 15) is 0 Å². The van der Waals surface area contributed by atoms with Crippen molar-refractivity contribution < 1.29 is 4.42 Å². The van der Waals surface area contributed by atoms with Crippen molar-refractivity contribution >= 4 is 34.8 Å². The van der Waals surface area contributed by atoms with Gasteiger partial charge >= 0.3 is 0 Å². The van der Waals surface area contributed by atoms with Crippen LogP contribution in [-0.4, -0.2) is 0 Å². The van der Waals surface area contributed by atoms with Crippen LogP contribution in [0.3, 0.4) is 0 Å². The number of halogens is 3. The van der Waals surface area contributed by atoms with Gasteiger partial charge in [0.2, 0.25) is 5.76 Å². The summed E-state index contributed by atoms with van der Waals surface area (Å²) in [7, 11) is 0. The molecule has 0 aliphatic heterocycles. The van der Waals surface area contributed by atoms with Crippen LogP contribution in [0.15, 0.2) is 28.7 Å². The third-order valence-electron chi connectivity index (χ3n) is 1.99. The van der Waals surface area contributed by atoms with Crippen molar-refractivity contribution in [3.63, 3.8) is 0 Å². The molecule has 0 aliphatic rings. The van der Waals surface area contributed by atoms with E-state index in [1.807, 2.05) is 6.07 Å². The van der Waals surface area contributed by atoms with E-state index in [1.165, 1.54) is 6.07 Å². The highest BCUT2D eigenvalue weighted by Gasteiger charge is 2.11. The van der Waals surface area contributed by atoms with Gasteiger partial charge in [-0.05, 0) is 24.3 Å². The predicted molar refractivity (Wildman–Crippen MR) is 63.9 cm³/mol. The van der Waals surface area contributed by atoms with Gasteiger partial charge in [-0.25, -0.2) is 0 Å². The van der Waals surface area contributed by atoms with Gasteiger partial charge in [0.25, 0.3) is 0 Å². The molecule has 0 saturated heterocycles. The molecule has 2 nitrogen and oxygen atoms in total. The molecular weight excluding hydrogens is 268 g/mol. The molecule has 0 saturated carbocycles. The second kappa shape index (κ2) is 4.39. The first kappa shape index (κ1) is 11.3. The molecule has 1 aromatic carbocycles. The highest BCUT2D eigenvalue weighted by atomic mass is 35.5. The molecule has 5 heteroatoms. The van der Waals surface area contributed by atoms with Crippen LogP contribution < -0.4 is 0 Å². The summed E-state index contributed by atoms with van der Waals surface area (Å²) < 4.78 is 5.25. The molecule has 0 fully saturated rings. The van der Waals surface area contributed by atoms with Gasteiger partial charge in [0.05, 0.1) is 15.1 Å². The number of hydrogen-bond donors (Lipinski definition) is 0. The molecule has 0 amide bonds. The molecular formula is C11H4Cl3NO. The molecule has 0 spiro atoms. The molecule has 0 radical (unpaired) electrons. The van der Waals surface area contributed by atoms with Crippen molar-refractivity contribution in [1.29, 1.82) is 5.26 Å². The molecule has 0 aliphatic carbocycles. The normalized spacial score (nSPS) is 10.1. The van der Waals surface area contributed by atoms with E-state index >= 15 is 0 Å². The minimum Gasteiger partial charge on any atom is -0.446 e. The maximum absolute atomic E-state index is 8.64. The number of nitriles is 1. The van der Waals surface area contributed by atoms with Crippen LogP contribution in [0.4, 0.5) is 0 Å². The average Bonchev–Trinajstić information content (AvgIpc) is 2.71. The number of nitrogens with zero attached hydrogens (tertiary/aromatic N) is 1. The van der Waals surface area contributed by atoms with Crippen molar-refractivity contribution in [3.05, 3.63) is 45.1 Å². The summed E-state index contributed by atoms with van der Waals surface area (Å²) in [6, 6.07) is 8.25. The second-order valence-corrected chi connectivity index (χ2v) is 4.24. The van der Waals surface area contributed by atoms with Gasteiger partial charge in [-0.15, -0.1) is 0 Å². The quantitative estimate of drug-likeness (QED) is 0.701. The third kappa shape index (κ3) is 2.03. The van der Waals surface area contributed by atoms with E-state index in [0.29, 0.717) is 26.4 Å². The van der Waals surface area contributed by atoms with Crippen molar-refractivity contribution in [3.8, 4) is 17.4 Å².